The molecule has 1 aromatic carbocycles. The highest BCUT2D eigenvalue weighted by atomic mass is 19.1. The van der Waals surface area contributed by atoms with E-state index in [0.717, 1.165) is 19.3 Å². The first-order valence-corrected chi connectivity index (χ1v) is 10.9. The minimum absolute atomic E-state index is 0.0146. The van der Waals surface area contributed by atoms with Gasteiger partial charge in [-0.3, -0.25) is 4.68 Å². The van der Waals surface area contributed by atoms with Crippen LogP contribution in [0.2, 0.25) is 0 Å². The van der Waals surface area contributed by atoms with E-state index in [2.05, 4.69) is 37.5 Å². The van der Waals surface area contributed by atoms with Gasteiger partial charge in [-0.05, 0) is 44.7 Å². The molecule has 0 unspecified atom stereocenters. The highest BCUT2D eigenvalue weighted by molar-refractivity contribution is 5.70. The van der Waals surface area contributed by atoms with Crippen molar-refractivity contribution in [1.29, 1.82) is 0 Å². The van der Waals surface area contributed by atoms with Gasteiger partial charge in [0.05, 0.1) is 17.8 Å². The third-order valence-corrected chi connectivity index (χ3v) is 6.69. The number of aryl methyl sites for hydroxylation is 1. The molecule has 2 fully saturated rings. The minimum atomic E-state index is -0.980. The normalized spacial score (nSPS) is 27.3. The molecule has 9 nitrogen and oxygen atoms in total. The van der Waals surface area contributed by atoms with E-state index in [4.69, 9.17) is 0 Å². The number of nitrogens with one attached hydrogen (secondary N) is 1. The van der Waals surface area contributed by atoms with Crippen molar-refractivity contribution in [2.75, 3.05) is 11.9 Å². The first-order valence-electron chi connectivity index (χ1n) is 10.9. The number of halogens is 1. The van der Waals surface area contributed by atoms with Crippen LogP contribution in [0.4, 0.5) is 10.2 Å². The molecule has 0 aliphatic carbocycles. The van der Waals surface area contributed by atoms with E-state index in [-0.39, 0.29) is 23.4 Å². The Kier molecular flexibility index (Phi) is 5.04. The Bertz CT molecular complexity index is 1120. The smallest absolute Gasteiger partial charge is 0.185 e. The van der Waals surface area contributed by atoms with E-state index in [1.54, 1.807) is 42.5 Å². The van der Waals surface area contributed by atoms with Crippen molar-refractivity contribution in [2.24, 2.45) is 7.05 Å². The Morgan fingerprint density at radius 1 is 1.25 bits per heavy atom. The maximum atomic E-state index is 15.2. The fourth-order valence-corrected chi connectivity index (χ4v) is 4.95. The number of fused-ring (bicyclic) bond motifs is 2. The lowest BCUT2D eigenvalue weighted by Crippen LogP contribution is -2.66. The van der Waals surface area contributed by atoms with Crippen LogP contribution in [0.1, 0.15) is 32.6 Å². The maximum absolute atomic E-state index is 15.2. The third-order valence-electron chi connectivity index (χ3n) is 6.69. The third kappa shape index (κ3) is 3.68. The van der Waals surface area contributed by atoms with Gasteiger partial charge < -0.3 is 15.3 Å². The summed E-state index contributed by atoms with van der Waals surface area (Å²) >= 11 is 0. The van der Waals surface area contributed by atoms with Gasteiger partial charge in [-0.1, -0.05) is 6.07 Å². The van der Waals surface area contributed by atoms with E-state index in [1.165, 1.54) is 0 Å². The molecule has 0 amide bonds. The van der Waals surface area contributed by atoms with Crippen molar-refractivity contribution < 1.29 is 9.50 Å². The summed E-state index contributed by atoms with van der Waals surface area (Å²) in [4.78, 5) is 10.4. The zero-order chi connectivity index (χ0) is 22.5. The number of aromatic nitrogens is 6. The second-order valence-corrected chi connectivity index (χ2v) is 9.14. The number of aromatic hydroxyl groups is 1. The van der Waals surface area contributed by atoms with Crippen molar-refractivity contribution in [3.05, 3.63) is 30.7 Å². The molecule has 4 heterocycles. The molecular weight excluding hydrogens is 411 g/mol. The second kappa shape index (κ2) is 7.77. The predicted octanol–water partition coefficient (Wildman–Crippen LogP) is 2.49. The first kappa shape index (κ1) is 20.7. The van der Waals surface area contributed by atoms with Crippen molar-refractivity contribution in [1.82, 2.24) is 35.3 Å². The topological polar surface area (TPSA) is 105 Å². The zero-order valence-electron chi connectivity index (χ0n) is 18.4. The Labute approximate surface area is 185 Å². The molecule has 5 rings (SSSR count). The van der Waals surface area contributed by atoms with Crippen molar-refractivity contribution in [3.63, 3.8) is 0 Å². The van der Waals surface area contributed by atoms with Crippen LogP contribution in [0, 0.1) is 0 Å². The van der Waals surface area contributed by atoms with Gasteiger partial charge in [0.15, 0.2) is 17.5 Å². The average molecular weight is 439 g/mol. The van der Waals surface area contributed by atoms with Crippen LogP contribution < -0.4 is 10.2 Å². The van der Waals surface area contributed by atoms with Gasteiger partial charge in [0.25, 0.3) is 0 Å². The highest BCUT2D eigenvalue weighted by Crippen LogP contribution is 2.38. The molecule has 2 aliphatic rings. The molecule has 0 radical (unpaired) electrons. The zero-order valence-corrected chi connectivity index (χ0v) is 18.4. The number of hydrogen-bond donors (Lipinski definition) is 2. The number of nitrogens with zero attached hydrogens (tertiary/aromatic N) is 7. The fraction of sp³-hybridized carbons (Fsp3) is 0.500. The molecule has 0 spiro atoms. The van der Waals surface area contributed by atoms with Gasteiger partial charge in [-0.25, -0.2) is 14.4 Å². The quantitative estimate of drug-likeness (QED) is 0.640. The molecule has 2 aliphatic heterocycles. The van der Waals surface area contributed by atoms with Crippen LogP contribution in [0.3, 0.4) is 0 Å². The molecule has 3 aromatic rings. The highest BCUT2D eigenvalue weighted by Gasteiger charge is 2.47. The molecule has 10 heteroatoms. The van der Waals surface area contributed by atoms with Gasteiger partial charge >= 0.3 is 0 Å². The number of anilines is 1. The van der Waals surface area contributed by atoms with E-state index in [1.807, 2.05) is 11.9 Å². The molecule has 168 valence electrons. The summed E-state index contributed by atoms with van der Waals surface area (Å²) in [6.45, 7) is 2.17. The average Bonchev–Trinajstić information content (AvgIpc) is 3.22. The van der Waals surface area contributed by atoms with Crippen LogP contribution in [-0.4, -0.2) is 65.9 Å². The SMILES string of the molecule is CN(c1cnc(-c2ccc(-c3ncn(C)n3)cc2O)nn1)[C@H]1C[C@]2(C)CCC[C@@H](N2)[C@H]1F. The van der Waals surface area contributed by atoms with Gasteiger partial charge in [0.1, 0.15) is 18.2 Å². The van der Waals surface area contributed by atoms with Crippen LogP contribution >= 0.6 is 0 Å². The summed E-state index contributed by atoms with van der Waals surface area (Å²) in [5.41, 5.74) is 1.09. The number of hydrogen-bond acceptors (Lipinski definition) is 8. The Morgan fingerprint density at radius 3 is 2.78 bits per heavy atom. The van der Waals surface area contributed by atoms with Crippen LogP contribution in [-0.2, 0) is 7.05 Å². The summed E-state index contributed by atoms with van der Waals surface area (Å²) in [5.74, 6) is 1.34. The summed E-state index contributed by atoms with van der Waals surface area (Å²) in [6, 6.07) is 4.69. The van der Waals surface area contributed by atoms with Gasteiger partial charge in [-0.15, -0.1) is 10.2 Å². The van der Waals surface area contributed by atoms with Crippen molar-refractivity contribution >= 4 is 5.82 Å². The maximum Gasteiger partial charge on any atom is 0.185 e. The number of phenols is 1. The molecular formula is C22H27FN8O. The summed E-state index contributed by atoms with van der Waals surface area (Å²) < 4.78 is 16.8. The number of alkyl halides is 1. The molecule has 2 saturated heterocycles. The van der Waals surface area contributed by atoms with E-state index >= 15 is 4.39 Å². The second-order valence-electron chi connectivity index (χ2n) is 9.14. The standard InChI is InChI=1S/C22H27FN8O/c1-22-8-4-5-15(26-22)19(23)16(10-22)31(3)18-11-24-21(28-27-18)14-7-6-13(9-17(14)32)20-25-12-30(2)29-20/h6-7,9,11-12,15-16,19,26,32H,4-5,8,10H2,1-3H3/t15-,16+,19-,22+/m1/s1. The number of phenolic OH excluding ortho intramolecular Hbond substituents is 1. The van der Waals surface area contributed by atoms with Gasteiger partial charge in [0.2, 0.25) is 0 Å². The lowest BCUT2D eigenvalue weighted by molar-refractivity contribution is 0.0607. The fourth-order valence-electron chi connectivity index (χ4n) is 4.95. The Morgan fingerprint density at radius 2 is 2.09 bits per heavy atom. The monoisotopic (exact) mass is 438 g/mol. The number of piperidine rings is 2. The Hall–Kier alpha value is -3.14. The molecule has 2 bridgehead atoms. The summed E-state index contributed by atoms with van der Waals surface area (Å²) in [5, 5.41) is 26.7. The lowest BCUT2D eigenvalue weighted by atomic mass is 9.74. The number of benzene rings is 1. The van der Waals surface area contributed by atoms with Gasteiger partial charge in [0, 0.05) is 31.2 Å². The Balaban J connectivity index is 1.36. The molecule has 32 heavy (non-hydrogen) atoms. The van der Waals surface area contributed by atoms with Crippen LogP contribution in [0.5, 0.6) is 5.75 Å². The minimum Gasteiger partial charge on any atom is -0.507 e. The largest absolute Gasteiger partial charge is 0.507 e. The first-order chi connectivity index (χ1) is 15.3. The van der Waals surface area contributed by atoms with Crippen molar-refractivity contribution in [2.45, 2.75) is 56.4 Å². The van der Waals surface area contributed by atoms with Crippen LogP contribution in [0.25, 0.3) is 22.8 Å². The van der Waals surface area contributed by atoms with E-state index in [9.17, 15) is 5.11 Å². The predicted molar refractivity (Wildman–Crippen MR) is 118 cm³/mol. The molecule has 0 saturated carbocycles. The summed E-state index contributed by atoms with van der Waals surface area (Å²) in [6.07, 6.45) is 5.86. The van der Waals surface area contributed by atoms with Gasteiger partial charge in [-0.2, -0.15) is 5.10 Å². The van der Waals surface area contributed by atoms with Crippen molar-refractivity contribution in [3.8, 4) is 28.5 Å². The van der Waals surface area contributed by atoms with E-state index in [0.29, 0.717) is 35.0 Å². The lowest BCUT2D eigenvalue weighted by Gasteiger charge is -2.51. The molecule has 4 atom stereocenters. The summed E-state index contributed by atoms with van der Waals surface area (Å²) in [7, 11) is 3.63. The molecule has 2 aromatic heterocycles. The van der Waals surface area contributed by atoms with E-state index < -0.39 is 6.17 Å². The number of rotatable bonds is 4. The molecule has 2 N–H and O–H groups in total. The van der Waals surface area contributed by atoms with Crippen LogP contribution in [0.15, 0.2) is 30.7 Å².